The summed E-state index contributed by atoms with van der Waals surface area (Å²) in [7, 11) is 0. The molecule has 0 fully saturated rings. The molecule has 37 heavy (non-hydrogen) atoms. The van der Waals surface area contributed by atoms with Gasteiger partial charge in [-0.1, -0.05) is 83.7 Å². The van der Waals surface area contributed by atoms with Gasteiger partial charge >= 0.3 is 0 Å². The number of nitrogens with zero attached hydrogens (tertiary/aromatic N) is 4. The first-order valence-corrected chi connectivity index (χ1v) is 12.9. The van der Waals surface area contributed by atoms with Gasteiger partial charge in [0.25, 0.3) is 0 Å². The van der Waals surface area contributed by atoms with Crippen LogP contribution in [0.3, 0.4) is 0 Å². The second kappa shape index (κ2) is 10.7. The van der Waals surface area contributed by atoms with Gasteiger partial charge in [0.1, 0.15) is 12.4 Å². The monoisotopic (exact) mass is 504 g/mol. The quantitative estimate of drug-likeness (QED) is 0.266. The topological polar surface area (TPSA) is 88.1 Å². The van der Waals surface area contributed by atoms with Crippen molar-refractivity contribution in [2.75, 3.05) is 5.32 Å². The molecule has 0 spiro atoms. The van der Waals surface area contributed by atoms with Crippen molar-refractivity contribution in [2.24, 2.45) is 4.99 Å². The predicted molar refractivity (Wildman–Crippen MR) is 150 cm³/mol. The lowest BCUT2D eigenvalue weighted by atomic mass is 10.1. The highest BCUT2D eigenvalue weighted by atomic mass is 32.2. The molecule has 0 radical (unpaired) electrons. The van der Waals surface area contributed by atoms with Gasteiger partial charge in [-0.05, 0) is 52.2 Å². The molecule has 1 atom stereocenters. The molecule has 6 rings (SSSR count). The van der Waals surface area contributed by atoms with Crippen molar-refractivity contribution in [3.63, 3.8) is 0 Å². The van der Waals surface area contributed by atoms with E-state index in [4.69, 9.17) is 4.74 Å². The number of anilines is 1. The fraction of sp³-hybridized carbons (Fsp3) is 0.103. The van der Waals surface area contributed by atoms with Crippen LogP contribution in [-0.2, 0) is 13.0 Å². The number of rotatable bonds is 8. The summed E-state index contributed by atoms with van der Waals surface area (Å²) in [5.41, 5.74) is 4.21. The minimum Gasteiger partial charge on any atom is -0.488 e. The van der Waals surface area contributed by atoms with Gasteiger partial charge in [-0.25, -0.2) is 0 Å². The third kappa shape index (κ3) is 5.70. The molecule has 1 aliphatic rings. The van der Waals surface area contributed by atoms with Gasteiger partial charge in [-0.3, -0.25) is 4.99 Å². The molecule has 0 saturated carbocycles. The summed E-state index contributed by atoms with van der Waals surface area (Å²) in [5.74, 6) is 1.53. The fourth-order valence-electron chi connectivity index (χ4n) is 4.13. The number of H-pyrrole nitrogens is 1. The van der Waals surface area contributed by atoms with Crippen molar-refractivity contribution in [2.45, 2.75) is 18.5 Å². The van der Waals surface area contributed by atoms with Gasteiger partial charge in [-0.2, -0.15) is 5.21 Å². The van der Waals surface area contributed by atoms with Gasteiger partial charge in [0, 0.05) is 28.8 Å². The number of benzene rings is 4. The average molecular weight is 505 g/mol. The standard InChI is InChI=1S/C29H24N6OS/c1-2-6-21(7-3-1)19-36-27-17-23-9-5-4-8-22(23)15-24(27)16-26-18-30-29(37-26)31-25-12-10-20(11-13-25)14-28-32-34-35-33-28/h1-13,15-18,29,31H,14,19H2,(H,32,33,34,35). The molecule has 1 aliphatic heterocycles. The first-order valence-electron chi connectivity index (χ1n) is 12.0. The summed E-state index contributed by atoms with van der Waals surface area (Å²) < 4.78 is 6.28. The van der Waals surface area contributed by atoms with E-state index in [0.717, 1.165) is 38.4 Å². The Morgan fingerprint density at radius 3 is 2.46 bits per heavy atom. The largest absolute Gasteiger partial charge is 0.488 e. The molecule has 2 N–H and O–H groups in total. The van der Waals surface area contributed by atoms with E-state index >= 15 is 0 Å². The molecule has 1 aromatic heterocycles. The number of tetrazole rings is 1. The molecular formula is C29H24N6OS. The Kier molecular flexibility index (Phi) is 6.64. The number of aromatic nitrogens is 4. The van der Waals surface area contributed by atoms with E-state index in [1.807, 2.05) is 36.5 Å². The molecule has 0 bridgehead atoms. The summed E-state index contributed by atoms with van der Waals surface area (Å²) in [6.45, 7) is 0.517. The zero-order valence-electron chi connectivity index (χ0n) is 19.9. The SMILES string of the molecule is C1=NC(Nc2ccc(Cc3nn[nH]n3)cc2)SC1=Cc1cc2ccccc2cc1OCc1ccccc1. The van der Waals surface area contributed by atoms with Crippen molar-refractivity contribution < 1.29 is 4.74 Å². The van der Waals surface area contributed by atoms with Crippen molar-refractivity contribution in [3.05, 3.63) is 118 Å². The molecule has 1 unspecified atom stereocenters. The van der Waals surface area contributed by atoms with Crippen LogP contribution in [0.1, 0.15) is 22.5 Å². The van der Waals surface area contributed by atoms with Crippen LogP contribution in [0.2, 0.25) is 0 Å². The highest BCUT2D eigenvalue weighted by molar-refractivity contribution is 8.05. The minimum absolute atomic E-state index is 0.0940. The molecule has 4 aromatic carbocycles. The summed E-state index contributed by atoms with van der Waals surface area (Å²) in [5, 5.41) is 19.9. The zero-order valence-corrected chi connectivity index (χ0v) is 20.7. The normalized spacial score (nSPS) is 15.9. The Morgan fingerprint density at radius 2 is 1.68 bits per heavy atom. The highest BCUT2D eigenvalue weighted by Gasteiger charge is 2.17. The van der Waals surface area contributed by atoms with E-state index < -0.39 is 0 Å². The number of nitrogens with one attached hydrogen (secondary N) is 2. The van der Waals surface area contributed by atoms with Crippen LogP contribution in [0.5, 0.6) is 5.75 Å². The average Bonchev–Trinajstić information content (AvgIpc) is 3.61. The number of hydrogen-bond donors (Lipinski definition) is 2. The molecule has 8 heteroatoms. The fourth-order valence-corrected chi connectivity index (χ4v) is 5.02. The summed E-state index contributed by atoms with van der Waals surface area (Å²) in [6, 6.07) is 31.1. The van der Waals surface area contributed by atoms with Crippen LogP contribution in [-0.4, -0.2) is 32.3 Å². The Hall–Kier alpha value is -4.43. The van der Waals surface area contributed by atoms with Crippen molar-refractivity contribution in [1.29, 1.82) is 0 Å². The van der Waals surface area contributed by atoms with E-state index in [1.165, 1.54) is 5.39 Å². The summed E-state index contributed by atoms with van der Waals surface area (Å²) in [4.78, 5) is 5.74. The van der Waals surface area contributed by atoms with Gasteiger partial charge in [0.05, 0.1) is 0 Å². The zero-order chi connectivity index (χ0) is 24.9. The number of thioether (sulfide) groups is 1. The van der Waals surface area contributed by atoms with Crippen molar-refractivity contribution in [1.82, 2.24) is 20.6 Å². The van der Waals surface area contributed by atoms with Gasteiger partial charge in [0.15, 0.2) is 11.3 Å². The molecule has 2 heterocycles. The van der Waals surface area contributed by atoms with E-state index in [1.54, 1.807) is 11.8 Å². The lowest BCUT2D eigenvalue weighted by Gasteiger charge is -2.13. The lowest BCUT2D eigenvalue weighted by Crippen LogP contribution is -2.09. The molecular weight excluding hydrogens is 480 g/mol. The molecule has 5 aromatic rings. The second-order valence-corrected chi connectivity index (χ2v) is 9.81. The van der Waals surface area contributed by atoms with Crippen LogP contribution < -0.4 is 10.1 Å². The van der Waals surface area contributed by atoms with Crippen molar-refractivity contribution in [3.8, 4) is 5.75 Å². The summed E-state index contributed by atoms with van der Waals surface area (Å²) >= 11 is 1.68. The number of aliphatic imine (C=N–C) groups is 1. The number of aromatic amines is 1. The molecule has 0 saturated heterocycles. The minimum atomic E-state index is -0.0940. The summed E-state index contributed by atoms with van der Waals surface area (Å²) in [6.07, 6.45) is 4.71. The number of hydrogen-bond acceptors (Lipinski definition) is 7. The van der Waals surface area contributed by atoms with Crippen LogP contribution >= 0.6 is 11.8 Å². The number of ether oxygens (including phenoxy) is 1. The smallest absolute Gasteiger partial charge is 0.178 e. The Bertz CT molecular complexity index is 1550. The van der Waals surface area contributed by atoms with E-state index in [2.05, 4.69) is 97.7 Å². The molecule has 0 aliphatic carbocycles. The van der Waals surface area contributed by atoms with E-state index in [0.29, 0.717) is 18.9 Å². The maximum Gasteiger partial charge on any atom is 0.178 e. The predicted octanol–water partition coefficient (Wildman–Crippen LogP) is 6.08. The molecule has 0 amide bonds. The van der Waals surface area contributed by atoms with Crippen LogP contribution in [0.15, 0.2) is 101 Å². The van der Waals surface area contributed by atoms with Gasteiger partial charge in [0.2, 0.25) is 0 Å². The van der Waals surface area contributed by atoms with E-state index in [-0.39, 0.29) is 5.50 Å². The second-order valence-electron chi connectivity index (χ2n) is 8.65. The van der Waals surface area contributed by atoms with Gasteiger partial charge in [-0.15, -0.1) is 10.2 Å². The first kappa shape index (κ1) is 23.0. The van der Waals surface area contributed by atoms with Crippen LogP contribution in [0, 0.1) is 0 Å². The number of fused-ring (bicyclic) bond motifs is 1. The maximum atomic E-state index is 6.28. The third-order valence-electron chi connectivity index (χ3n) is 5.99. The maximum absolute atomic E-state index is 6.28. The van der Waals surface area contributed by atoms with E-state index in [9.17, 15) is 0 Å². The third-order valence-corrected chi connectivity index (χ3v) is 6.95. The Balaban J connectivity index is 1.16. The number of allylic oxidation sites excluding steroid dienone is 1. The molecule has 7 nitrogen and oxygen atoms in total. The first-order chi connectivity index (χ1) is 18.3. The highest BCUT2D eigenvalue weighted by Crippen LogP contribution is 2.34. The van der Waals surface area contributed by atoms with Crippen LogP contribution in [0.25, 0.3) is 16.8 Å². The molecule has 182 valence electrons. The Morgan fingerprint density at radius 1 is 0.892 bits per heavy atom. The Labute approximate surface area is 218 Å². The van der Waals surface area contributed by atoms with Crippen LogP contribution in [0.4, 0.5) is 5.69 Å². The lowest BCUT2D eigenvalue weighted by molar-refractivity contribution is 0.306. The van der Waals surface area contributed by atoms with Crippen molar-refractivity contribution >= 4 is 40.5 Å². The van der Waals surface area contributed by atoms with Gasteiger partial charge < -0.3 is 10.1 Å².